The van der Waals surface area contributed by atoms with Crippen LogP contribution in [0.1, 0.15) is 18.4 Å². The predicted octanol–water partition coefficient (Wildman–Crippen LogP) is 3.99. The quantitative estimate of drug-likeness (QED) is 0.781. The van der Waals surface area contributed by atoms with Crippen molar-refractivity contribution in [3.8, 4) is 0 Å². The average molecular weight is 349 g/mol. The summed E-state index contributed by atoms with van der Waals surface area (Å²) in [7, 11) is 2.15. The van der Waals surface area contributed by atoms with Crippen molar-refractivity contribution in [1.29, 1.82) is 0 Å². The van der Waals surface area contributed by atoms with Gasteiger partial charge >= 0.3 is 0 Å². The number of fused-ring (bicyclic) bond motifs is 1. The number of aromatic nitrogens is 1. The van der Waals surface area contributed by atoms with E-state index in [1.165, 1.54) is 10.9 Å². The van der Waals surface area contributed by atoms with Gasteiger partial charge < -0.3 is 9.64 Å². The number of benzene rings is 1. The van der Waals surface area contributed by atoms with Gasteiger partial charge in [-0.2, -0.15) is 0 Å². The molecule has 0 spiro atoms. The molecule has 0 N–H and O–H groups in total. The van der Waals surface area contributed by atoms with Crippen LogP contribution in [0.25, 0.3) is 10.9 Å². The molecule has 0 saturated carbocycles. The van der Waals surface area contributed by atoms with Crippen LogP contribution in [0, 0.1) is 5.92 Å². The Morgan fingerprint density at radius 1 is 1.29 bits per heavy atom. The largest absolute Gasteiger partial charge is 0.381 e. The van der Waals surface area contributed by atoms with Crippen molar-refractivity contribution in [2.45, 2.75) is 18.2 Å². The SMILES string of the molecule is CN(CC1CCOCC1)c1nc2ccccc2cc1CBr. The number of ether oxygens (including phenoxy) is 1. The molecule has 4 heteroatoms. The van der Waals surface area contributed by atoms with Gasteiger partial charge in [-0.15, -0.1) is 0 Å². The minimum absolute atomic E-state index is 0.709. The molecule has 2 aromatic rings. The number of alkyl halides is 1. The van der Waals surface area contributed by atoms with E-state index < -0.39 is 0 Å². The molecule has 1 aromatic carbocycles. The third-order valence-corrected chi connectivity index (χ3v) is 4.76. The Morgan fingerprint density at radius 2 is 2.05 bits per heavy atom. The Hall–Kier alpha value is -1.13. The highest BCUT2D eigenvalue weighted by atomic mass is 79.9. The van der Waals surface area contributed by atoms with E-state index in [1.807, 2.05) is 6.07 Å². The van der Waals surface area contributed by atoms with Gasteiger partial charge in [-0.25, -0.2) is 4.98 Å². The first-order valence-electron chi connectivity index (χ1n) is 7.51. The van der Waals surface area contributed by atoms with Gasteiger partial charge in [0.2, 0.25) is 0 Å². The molecule has 0 radical (unpaired) electrons. The second-order valence-corrected chi connectivity index (χ2v) is 6.29. The fourth-order valence-corrected chi connectivity index (χ4v) is 3.39. The maximum atomic E-state index is 5.45. The number of hydrogen-bond acceptors (Lipinski definition) is 3. The molecule has 0 amide bonds. The molecule has 1 aliphatic heterocycles. The van der Waals surface area contributed by atoms with Crippen molar-refractivity contribution in [2.24, 2.45) is 5.92 Å². The Balaban J connectivity index is 1.86. The molecule has 3 rings (SSSR count). The van der Waals surface area contributed by atoms with E-state index in [9.17, 15) is 0 Å². The van der Waals surface area contributed by atoms with E-state index in [2.05, 4.69) is 52.1 Å². The van der Waals surface area contributed by atoms with Crippen LogP contribution in [0.15, 0.2) is 30.3 Å². The van der Waals surface area contributed by atoms with Gasteiger partial charge in [0, 0.05) is 43.1 Å². The van der Waals surface area contributed by atoms with Crippen molar-refractivity contribution in [3.63, 3.8) is 0 Å². The minimum atomic E-state index is 0.709. The van der Waals surface area contributed by atoms with E-state index in [0.717, 1.165) is 49.3 Å². The van der Waals surface area contributed by atoms with Crippen LogP contribution in [0.2, 0.25) is 0 Å². The van der Waals surface area contributed by atoms with Crippen molar-refractivity contribution >= 4 is 32.7 Å². The molecular weight excluding hydrogens is 328 g/mol. The van der Waals surface area contributed by atoms with Crippen molar-refractivity contribution in [1.82, 2.24) is 4.98 Å². The zero-order chi connectivity index (χ0) is 14.7. The lowest BCUT2D eigenvalue weighted by Crippen LogP contribution is -2.30. The van der Waals surface area contributed by atoms with E-state index in [0.29, 0.717) is 5.92 Å². The standard InChI is InChI=1S/C17H21BrN2O/c1-20(12-13-6-8-21-9-7-13)17-15(11-18)10-14-4-2-3-5-16(14)19-17/h2-5,10,13H,6-9,11-12H2,1H3. The second-order valence-electron chi connectivity index (χ2n) is 5.73. The van der Waals surface area contributed by atoms with E-state index in [4.69, 9.17) is 9.72 Å². The molecule has 2 heterocycles. The normalized spacial score (nSPS) is 16.3. The second kappa shape index (κ2) is 6.75. The molecule has 0 aliphatic carbocycles. The van der Waals surface area contributed by atoms with Gasteiger partial charge in [-0.05, 0) is 30.9 Å². The molecular formula is C17H21BrN2O. The smallest absolute Gasteiger partial charge is 0.133 e. The Kier molecular flexibility index (Phi) is 4.76. The van der Waals surface area contributed by atoms with Crippen LogP contribution >= 0.6 is 15.9 Å². The Morgan fingerprint density at radius 3 is 2.81 bits per heavy atom. The van der Waals surface area contributed by atoms with Gasteiger partial charge in [0.1, 0.15) is 5.82 Å². The molecule has 3 nitrogen and oxygen atoms in total. The summed E-state index contributed by atoms with van der Waals surface area (Å²) in [4.78, 5) is 7.18. The van der Waals surface area contributed by atoms with Crippen LogP contribution in [0.5, 0.6) is 0 Å². The first-order chi connectivity index (χ1) is 10.3. The molecule has 1 fully saturated rings. The zero-order valence-corrected chi connectivity index (χ0v) is 14.0. The fourth-order valence-electron chi connectivity index (χ4n) is 2.98. The topological polar surface area (TPSA) is 25.4 Å². The lowest BCUT2D eigenvalue weighted by Gasteiger charge is -2.29. The summed E-state index contributed by atoms with van der Waals surface area (Å²) in [5, 5.41) is 2.04. The monoisotopic (exact) mass is 348 g/mol. The van der Waals surface area contributed by atoms with E-state index >= 15 is 0 Å². The third-order valence-electron chi connectivity index (χ3n) is 4.16. The van der Waals surface area contributed by atoms with Crippen molar-refractivity contribution in [3.05, 3.63) is 35.9 Å². The highest BCUT2D eigenvalue weighted by molar-refractivity contribution is 9.08. The molecule has 1 aromatic heterocycles. The average Bonchev–Trinajstić information content (AvgIpc) is 2.54. The Bertz CT molecular complexity index is 611. The lowest BCUT2D eigenvalue weighted by molar-refractivity contribution is 0.0685. The molecule has 0 bridgehead atoms. The predicted molar refractivity (Wildman–Crippen MR) is 91.2 cm³/mol. The van der Waals surface area contributed by atoms with Crippen LogP contribution < -0.4 is 4.90 Å². The maximum absolute atomic E-state index is 5.45. The van der Waals surface area contributed by atoms with Gasteiger partial charge in [0.15, 0.2) is 0 Å². The summed E-state index contributed by atoms with van der Waals surface area (Å²) in [6, 6.07) is 10.6. The highest BCUT2D eigenvalue weighted by Gasteiger charge is 2.18. The third kappa shape index (κ3) is 3.38. The summed E-state index contributed by atoms with van der Waals surface area (Å²) in [5.41, 5.74) is 2.32. The number of rotatable bonds is 4. The van der Waals surface area contributed by atoms with Crippen LogP contribution in [-0.4, -0.2) is 31.8 Å². The van der Waals surface area contributed by atoms with Crippen LogP contribution in [-0.2, 0) is 10.1 Å². The molecule has 0 unspecified atom stereocenters. The number of hydrogen-bond donors (Lipinski definition) is 0. The van der Waals surface area contributed by atoms with Gasteiger partial charge in [0.25, 0.3) is 0 Å². The molecule has 1 aliphatic rings. The fraction of sp³-hybridized carbons (Fsp3) is 0.471. The van der Waals surface area contributed by atoms with Crippen LogP contribution in [0.3, 0.4) is 0 Å². The van der Waals surface area contributed by atoms with Gasteiger partial charge in [-0.1, -0.05) is 34.1 Å². The van der Waals surface area contributed by atoms with Gasteiger partial charge in [0.05, 0.1) is 5.52 Å². The summed E-state index contributed by atoms with van der Waals surface area (Å²) in [5.74, 6) is 1.80. The lowest BCUT2D eigenvalue weighted by atomic mass is 10.00. The molecule has 1 saturated heterocycles. The number of pyridine rings is 1. The minimum Gasteiger partial charge on any atom is -0.381 e. The Labute approximate surface area is 134 Å². The molecule has 0 atom stereocenters. The highest BCUT2D eigenvalue weighted by Crippen LogP contribution is 2.26. The summed E-state index contributed by atoms with van der Waals surface area (Å²) < 4.78 is 5.45. The van der Waals surface area contributed by atoms with Crippen molar-refractivity contribution in [2.75, 3.05) is 31.7 Å². The zero-order valence-electron chi connectivity index (χ0n) is 12.4. The number of nitrogens with zero attached hydrogens (tertiary/aromatic N) is 2. The summed E-state index contributed by atoms with van der Waals surface area (Å²) in [6.45, 7) is 2.85. The van der Waals surface area contributed by atoms with Gasteiger partial charge in [-0.3, -0.25) is 0 Å². The first-order valence-corrected chi connectivity index (χ1v) is 8.63. The summed E-state index contributed by atoms with van der Waals surface area (Å²) in [6.07, 6.45) is 2.31. The number of para-hydroxylation sites is 1. The number of halogens is 1. The summed E-state index contributed by atoms with van der Waals surface area (Å²) >= 11 is 3.60. The van der Waals surface area contributed by atoms with Crippen LogP contribution in [0.4, 0.5) is 5.82 Å². The number of anilines is 1. The maximum Gasteiger partial charge on any atom is 0.133 e. The molecule has 21 heavy (non-hydrogen) atoms. The molecule has 112 valence electrons. The van der Waals surface area contributed by atoms with E-state index in [-0.39, 0.29) is 0 Å². The van der Waals surface area contributed by atoms with Crippen molar-refractivity contribution < 1.29 is 4.74 Å². The first kappa shape index (κ1) is 14.8. The van der Waals surface area contributed by atoms with E-state index in [1.54, 1.807) is 0 Å².